The van der Waals surface area contributed by atoms with Gasteiger partial charge in [0.15, 0.2) is 6.61 Å². The van der Waals surface area contributed by atoms with Gasteiger partial charge in [-0.15, -0.1) is 0 Å². The van der Waals surface area contributed by atoms with Gasteiger partial charge in [-0.25, -0.2) is 4.98 Å². The number of nitrogens with zero attached hydrogens (tertiary/aromatic N) is 1. The van der Waals surface area contributed by atoms with Crippen molar-refractivity contribution >= 4 is 5.88 Å². The average molecular weight is 204 g/mol. The fourth-order valence-electron chi connectivity index (χ4n) is 1.25. The Labute approximate surface area is 87.7 Å². The first kappa shape index (κ1) is 9.58. The third-order valence-electron chi connectivity index (χ3n) is 2.02. The normalized spacial score (nSPS) is 10.2. The molecule has 0 spiro atoms. The highest BCUT2D eigenvalue weighted by molar-refractivity contribution is 5.31. The van der Waals surface area contributed by atoms with Gasteiger partial charge in [-0.1, -0.05) is 18.2 Å². The molecule has 1 aromatic carbocycles. The second-order valence-electron chi connectivity index (χ2n) is 3.21. The van der Waals surface area contributed by atoms with Gasteiger partial charge in [0.1, 0.15) is 5.75 Å². The molecule has 0 bridgehead atoms. The van der Waals surface area contributed by atoms with E-state index < -0.39 is 0 Å². The van der Waals surface area contributed by atoms with Crippen molar-refractivity contribution in [2.24, 2.45) is 0 Å². The summed E-state index contributed by atoms with van der Waals surface area (Å²) in [4.78, 5) is 3.94. The van der Waals surface area contributed by atoms with Gasteiger partial charge in [0, 0.05) is 0 Å². The van der Waals surface area contributed by atoms with Crippen LogP contribution in [0.2, 0.25) is 0 Å². The number of rotatable bonds is 3. The molecule has 0 radical (unpaired) electrons. The van der Waals surface area contributed by atoms with Gasteiger partial charge < -0.3 is 14.9 Å². The molecule has 15 heavy (non-hydrogen) atoms. The highest BCUT2D eigenvalue weighted by Gasteiger charge is 2.03. The van der Waals surface area contributed by atoms with Gasteiger partial charge in [-0.2, -0.15) is 0 Å². The van der Waals surface area contributed by atoms with E-state index in [1.165, 1.54) is 6.20 Å². The first-order valence-electron chi connectivity index (χ1n) is 4.64. The van der Waals surface area contributed by atoms with Gasteiger partial charge >= 0.3 is 0 Å². The molecule has 2 aromatic rings. The Bertz CT molecular complexity index is 451. The van der Waals surface area contributed by atoms with Crippen molar-refractivity contribution in [2.75, 3.05) is 5.73 Å². The van der Waals surface area contributed by atoms with Crippen molar-refractivity contribution in [3.8, 4) is 5.75 Å². The summed E-state index contributed by atoms with van der Waals surface area (Å²) in [5.41, 5.74) is 6.47. The topological polar surface area (TPSA) is 61.3 Å². The third-order valence-corrected chi connectivity index (χ3v) is 2.02. The number of para-hydroxylation sites is 1. The minimum absolute atomic E-state index is 0.294. The van der Waals surface area contributed by atoms with E-state index in [9.17, 15) is 0 Å². The maximum Gasteiger partial charge on any atom is 0.234 e. The van der Waals surface area contributed by atoms with Crippen LogP contribution < -0.4 is 10.5 Å². The standard InChI is InChI=1S/C11H12N2O2/c1-8-4-2-3-5-9(8)14-7-11-13-6-10(12)15-11/h2-6H,7,12H2,1H3. The lowest BCUT2D eigenvalue weighted by atomic mass is 10.2. The molecule has 0 fully saturated rings. The van der Waals surface area contributed by atoms with Crippen LogP contribution in [0.3, 0.4) is 0 Å². The molecule has 4 heteroatoms. The van der Waals surface area contributed by atoms with E-state index in [2.05, 4.69) is 4.98 Å². The molecule has 0 unspecified atom stereocenters. The molecular weight excluding hydrogens is 192 g/mol. The maximum atomic E-state index is 5.52. The van der Waals surface area contributed by atoms with Crippen molar-refractivity contribution in [1.82, 2.24) is 4.98 Å². The molecule has 0 saturated heterocycles. The number of aryl methyl sites for hydroxylation is 1. The molecule has 2 rings (SSSR count). The van der Waals surface area contributed by atoms with Crippen molar-refractivity contribution < 1.29 is 9.15 Å². The third kappa shape index (κ3) is 2.28. The van der Waals surface area contributed by atoms with Crippen LogP contribution in [0, 0.1) is 6.92 Å². The number of nitrogen functional groups attached to an aromatic ring is 1. The first-order chi connectivity index (χ1) is 7.25. The number of benzene rings is 1. The summed E-state index contributed by atoms with van der Waals surface area (Å²) in [6.45, 7) is 2.28. The Hall–Kier alpha value is -1.97. The number of hydrogen-bond donors (Lipinski definition) is 1. The van der Waals surface area contributed by atoms with E-state index in [0.29, 0.717) is 18.4 Å². The molecule has 0 atom stereocenters. The summed E-state index contributed by atoms with van der Waals surface area (Å²) in [7, 11) is 0. The van der Waals surface area contributed by atoms with Crippen LogP contribution in [-0.4, -0.2) is 4.98 Å². The Morgan fingerprint density at radius 1 is 1.40 bits per heavy atom. The number of anilines is 1. The van der Waals surface area contributed by atoms with Gasteiger partial charge in [-0.05, 0) is 18.6 Å². The van der Waals surface area contributed by atoms with Gasteiger partial charge in [-0.3, -0.25) is 0 Å². The molecule has 0 aliphatic heterocycles. The zero-order valence-corrected chi connectivity index (χ0v) is 8.43. The molecule has 1 aromatic heterocycles. The Balaban J connectivity index is 2.02. The minimum Gasteiger partial charge on any atom is -0.484 e. The molecule has 1 heterocycles. The minimum atomic E-state index is 0.294. The quantitative estimate of drug-likeness (QED) is 0.832. The Kier molecular flexibility index (Phi) is 2.58. The second kappa shape index (κ2) is 4.04. The summed E-state index contributed by atoms with van der Waals surface area (Å²) < 4.78 is 10.6. The van der Waals surface area contributed by atoms with E-state index in [0.717, 1.165) is 11.3 Å². The van der Waals surface area contributed by atoms with Crippen LogP contribution in [0.15, 0.2) is 34.9 Å². The van der Waals surface area contributed by atoms with Crippen LogP contribution in [0.4, 0.5) is 5.88 Å². The van der Waals surface area contributed by atoms with Crippen molar-refractivity contribution in [3.05, 3.63) is 41.9 Å². The zero-order valence-electron chi connectivity index (χ0n) is 8.43. The van der Waals surface area contributed by atoms with Crippen LogP contribution in [0.5, 0.6) is 5.75 Å². The van der Waals surface area contributed by atoms with Crippen molar-refractivity contribution in [2.45, 2.75) is 13.5 Å². The smallest absolute Gasteiger partial charge is 0.234 e. The molecular formula is C11H12N2O2. The van der Waals surface area contributed by atoms with Crippen molar-refractivity contribution in [1.29, 1.82) is 0 Å². The monoisotopic (exact) mass is 204 g/mol. The van der Waals surface area contributed by atoms with Crippen LogP contribution in [0.25, 0.3) is 0 Å². The van der Waals surface area contributed by atoms with E-state index in [4.69, 9.17) is 14.9 Å². The lowest BCUT2D eigenvalue weighted by Crippen LogP contribution is -1.96. The number of aromatic nitrogens is 1. The molecule has 2 N–H and O–H groups in total. The van der Waals surface area contributed by atoms with E-state index in [-0.39, 0.29) is 0 Å². The SMILES string of the molecule is Cc1ccccc1OCc1ncc(N)o1. The van der Waals surface area contributed by atoms with Crippen LogP contribution in [0.1, 0.15) is 11.5 Å². The lowest BCUT2D eigenvalue weighted by Gasteiger charge is -2.05. The summed E-state index contributed by atoms with van der Waals surface area (Å²) in [5, 5.41) is 0. The molecule has 0 aliphatic carbocycles. The number of ether oxygens (including phenoxy) is 1. The van der Waals surface area contributed by atoms with Gasteiger partial charge in [0.25, 0.3) is 0 Å². The van der Waals surface area contributed by atoms with E-state index >= 15 is 0 Å². The number of oxazole rings is 1. The predicted molar refractivity (Wildman–Crippen MR) is 56.4 cm³/mol. The first-order valence-corrected chi connectivity index (χ1v) is 4.64. The largest absolute Gasteiger partial charge is 0.484 e. The van der Waals surface area contributed by atoms with Crippen molar-refractivity contribution in [3.63, 3.8) is 0 Å². The highest BCUT2D eigenvalue weighted by Crippen LogP contribution is 2.17. The molecule has 0 saturated carbocycles. The molecule has 0 amide bonds. The van der Waals surface area contributed by atoms with Crippen LogP contribution in [-0.2, 0) is 6.61 Å². The summed E-state index contributed by atoms with van der Waals surface area (Å²) in [6, 6.07) is 7.78. The van der Waals surface area contributed by atoms with Gasteiger partial charge in [0.05, 0.1) is 6.20 Å². The second-order valence-corrected chi connectivity index (χ2v) is 3.21. The number of hydrogen-bond acceptors (Lipinski definition) is 4. The fourth-order valence-corrected chi connectivity index (χ4v) is 1.25. The molecule has 0 aliphatic rings. The Morgan fingerprint density at radius 2 is 2.20 bits per heavy atom. The average Bonchev–Trinajstić information content (AvgIpc) is 2.63. The predicted octanol–water partition coefficient (Wildman–Crippen LogP) is 2.14. The number of nitrogens with two attached hydrogens (primary N) is 1. The van der Waals surface area contributed by atoms with E-state index in [1.54, 1.807) is 0 Å². The Morgan fingerprint density at radius 3 is 2.87 bits per heavy atom. The van der Waals surface area contributed by atoms with Gasteiger partial charge in [0.2, 0.25) is 11.8 Å². The molecule has 4 nitrogen and oxygen atoms in total. The zero-order chi connectivity index (χ0) is 10.7. The maximum absolute atomic E-state index is 5.52. The fraction of sp³-hybridized carbons (Fsp3) is 0.182. The lowest BCUT2D eigenvalue weighted by molar-refractivity contribution is 0.263. The summed E-state index contributed by atoms with van der Waals surface area (Å²) in [5.74, 6) is 1.61. The molecule has 78 valence electrons. The summed E-state index contributed by atoms with van der Waals surface area (Å²) in [6.07, 6.45) is 1.47. The summed E-state index contributed by atoms with van der Waals surface area (Å²) >= 11 is 0. The van der Waals surface area contributed by atoms with Crippen LogP contribution >= 0.6 is 0 Å². The van der Waals surface area contributed by atoms with E-state index in [1.807, 2.05) is 31.2 Å². The highest BCUT2D eigenvalue weighted by atomic mass is 16.5.